The van der Waals surface area contributed by atoms with Crippen LogP contribution < -0.4 is 10.6 Å². The summed E-state index contributed by atoms with van der Waals surface area (Å²) in [5, 5.41) is 4.44. The highest BCUT2D eigenvalue weighted by atomic mass is 16.2. The predicted molar refractivity (Wildman–Crippen MR) is 89.0 cm³/mol. The number of fused-ring (bicyclic) bond motifs is 1. The summed E-state index contributed by atoms with van der Waals surface area (Å²) in [6.07, 6.45) is 0.395. The van der Waals surface area contributed by atoms with Crippen LogP contribution in [0.1, 0.15) is 39.1 Å². The van der Waals surface area contributed by atoms with Crippen molar-refractivity contribution < 1.29 is 24.0 Å². The standard InChI is InChI=1S/C17H18N4O5/c1-20(2)17(26)19-14(23)10-5-3-4-9-8-21(16(25)13(9)10)11-6-7-12(22)18-15(11)24/h3-5,11H,6-8H2,1-2H3,(H,18,22,24)(H,19,23,26). The first-order chi connectivity index (χ1) is 12.3. The Morgan fingerprint density at radius 1 is 1.23 bits per heavy atom. The average molecular weight is 358 g/mol. The van der Waals surface area contributed by atoms with Crippen molar-refractivity contribution in [2.24, 2.45) is 0 Å². The van der Waals surface area contributed by atoms with E-state index in [1.54, 1.807) is 12.1 Å². The number of benzene rings is 1. The smallest absolute Gasteiger partial charge is 0.323 e. The summed E-state index contributed by atoms with van der Waals surface area (Å²) in [6, 6.07) is 3.42. The van der Waals surface area contributed by atoms with Crippen LogP contribution in [-0.2, 0) is 16.1 Å². The van der Waals surface area contributed by atoms with Crippen LogP contribution in [0, 0.1) is 0 Å². The molecule has 1 unspecified atom stereocenters. The zero-order valence-electron chi connectivity index (χ0n) is 14.4. The molecule has 2 aliphatic rings. The lowest BCUT2D eigenvalue weighted by molar-refractivity contribution is -0.136. The normalized spacial score (nSPS) is 19.1. The van der Waals surface area contributed by atoms with Gasteiger partial charge in [-0.3, -0.25) is 29.8 Å². The molecule has 136 valence electrons. The van der Waals surface area contributed by atoms with E-state index in [-0.39, 0.29) is 36.4 Å². The molecule has 0 saturated carbocycles. The van der Waals surface area contributed by atoms with E-state index in [0.29, 0.717) is 5.56 Å². The van der Waals surface area contributed by atoms with Gasteiger partial charge in [-0.05, 0) is 18.1 Å². The summed E-state index contributed by atoms with van der Waals surface area (Å²) in [5.74, 6) is -2.02. The maximum atomic E-state index is 12.9. The Morgan fingerprint density at radius 3 is 2.62 bits per heavy atom. The predicted octanol–water partition coefficient (Wildman–Crippen LogP) is -0.141. The van der Waals surface area contributed by atoms with Crippen molar-refractivity contribution >= 4 is 29.7 Å². The highest BCUT2D eigenvalue weighted by molar-refractivity contribution is 6.14. The van der Waals surface area contributed by atoms with Crippen LogP contribution in [0.15, 0.2) is 18.2 Å². The van der Waals surface area contributed by atoms with Gasteiger partial charge in [-0.25, -0.2) is 4.79 Å². The number of rotatable bonds is 2. The summed E-state index contributed by atoms with van der Waals surface area (Å²) in [5.41, 5.74) is 0.864. The Bertz CT molecular complexity index is 832. The van der Waals surface area contributed by atoms with Crippen LogP contribution in [0.2, 0.25) is 0 Å². The molecule has 6 amide bonds. The highest BCUT2D eigenvalue weighted by Gasteiger charge is 2.40. The molecule has 0 bridgehead atoms. The second kappa shape index (κ2) is 6.58. The number of carbonyl (C=O) groups excluding carboxylic acids is 5. The zero-order valence-corrected chi connectivity index (χ0v) is 14.4. The quantitative estimate of drug-likeness (QED) is 0.714. The van der Waals surface area contributed by atoms with E-state index in [1.807, 2.05) is 0 Å². The number of urea groups is 1. The van der Waals surface area contributed by atoms with Crippen molar-refractivity contribution in [1.82, 2.24) is 20.4 Å². The third-order valence-electron chi connectivity index (χ3n) is 4.42. The minimum absolute atomic E-state index is 0.0810. The monoisotopic (exact) mass is 358 g/mol. The van der Waals surface area contributed by atoms with Crippen LogP contribution in [-0.4, -0.2) is 59.6 Å². The first-order valence-electron chi connectivity index (χ1n) is 8.08. The lowest BCUT2D eigenvalue weighted by Crippen LogP contribution is -2.52. The van der Waals surface area contributed by atoms with Crippen molar-refractivity contribution in [3.63, 3.8) is 0 Å². The van der Waals surface area contributed by atoms with Crippen LogP contribution in [0.25, 0.3) is 0 Å². The summed E-state index contributed by atoms with van der Waals surface area (Å²) < 4.78 is 0. The van der Waals surface area contributed by atoms with Gasteiger partial charge in [-0.2, -0.15) is 0 Å². The van der Waals surface area contributed by atoms with Crippen molar-refractivity contribution in [3.05, 3.63) is 34.9 Å². The SMILES string of the molecule is CN(C)C(=O)NC(=O)c1cccc2c1C(=O)N(C1CCC(=O)NC1=O)C2. The van der Waals surface area contributed by atoms with E-state index in [9.17, 15) is 24.0 Å². The third kappa shape index (κ3) is 3.03. The fraction of sp³-hybridized carbons (Fsp3) is 0.353. The minimum atomic E-state index is -0.757. The molecule has 9 heteroatoms. The summed E-state index contributed by atoms with van der Waals surface area (Å²) >= 11 is 0. The van der Waals surface area contributed by atoms with Gasteiger partial charge in [0.05, 0.1) is 11.1 Å². The maximum absolute atomic E-state index is 12.9. The largest absolute Gasteiger partial charge is 0.331 e. The van der Waals surface area contributed by atoms with E-state index in [1.165, 1.54) is 30.0 Å². The lowest BCUT2D eigenvalue weighted by Gasteiger charge is -2.29. The van der Waals surface area contributed by atoms with E-state index >= 15 is 0 Å². The Morgan fingerprint density at radius 2 is 1.96 bits per heavy atom. The Balaban J connectivity index is 1.87. The first-order valence-corrected chi connectivity index (χ1v) is 8.08. The lowest BCUT2D eigenvalue weighted by atomic mass is 10.0. The fourth-order valence-corrected chi connectivity index (χ4v) is 3.08. The topological polar surface area (TPSA) is 116 Å². The van der Waals surface area contributed by atoms with Gasteiger partial charge in [0.2, 0.25) is 11.8 Å². The minimum Gasteiger partial charge on any atom is -0.331 e. The Labute approximate surface area is 149 Å². The van der Waals surface area contributed by atoms with Gasteiger partial charge in [0, 0.05) is 27.1 Å². The molecule has 3 rings (SSSR count). The molecule has 2 aliphatic heterocycles. The third-order valence-corrected chi connectivity index (χ3v) is 4.42. The molecule has 0 radical (unpaired) electrons. The molecule has 1 fully saturated rings. The molecule has 26 heavy (non-hydrogen) atoms. The zero-order chi connectivity index (χ0) is 19.0. The Hall–Kier alpha value is -3.23. The van der Waals surface area contributed by atoms with Crippen LogP contribution in [0.5, 0.6) is 0 Å². The number of piperidine rings is 1. The second-order valence-electron chi connectivity index (χ2n) is 6.39. The number of nitrogens with zero attached hydrogens (tertiary/aromatic N) is 2. The molecule has 0 aliphatic carbocycles. The fourth-order valence-electron chi connectivity index (χ4n) is 3.08. The molecule has 1 aromatic rings. The van der Waals surface area contributed by atoms with E-state index in [0.717, 1.165) is 0 Å². The van der Waals surface area contributed by atoms with E-state index < -0.39 is 29.8 Å². The number of carbonyl (C=O) groups is 5. The molecular weight excluding hydrogens is 340 g/mol. The molecule has 2 heterocycles. The molecule has 1 aromatic carbocycles. The summed E-state index contributed by atoms with van der Waals surface area (Å²) in [7, 11) is 2.99. The Kier molecular flexibility index (Phi) is 4.45. The highest BCUT2D eigenvalue weighted by Crippen LogP contribution is 2.29. The number of hydrogen-bond acceptors (Lipinski definition) is 5. The number of hydrogen-bond donors (Lipinski definition) is 2. The van der Waals surface area contributed by atoms with E-state index in [2.05, 4.69) is 10.6 Å². The number of amides is 6. The average Bonchev–Trinajstić information content (AvgIpc) is 2.91. The molecule has 1 saturated heterocycles. The molecule has 0 spiro atoms. The van der Waals surface area contributed by atoms with Crippen molar-refractivity contribution in [2.45, 2.75) is 25.4 Å². The van der Waals surface area contributed by atoms with Gasteiger partial charge in [0.1, 0.15) is 6.04 Å². The summed E-state index contributed by atoms with van der Waals surface area (Å²) in [6.45, 7) is 0.170. The van der Waals surface area contributed by atoms with Gasteiger partial charge in [-0.15, -0.1) is 0 Å². The van der Waals surface area contributed by atoms with Crippen molar-refractivity contribution in [2.75, 3.05) is 14.1 Å². The summed E-state index contributed by atoms with van der Waals surface area (Å²) in [4.78, 5) is 62.9. The van der Waals surface area contributed by atoms with Gasteiger partial charge in [0.15, 0.2) is 0 Å². The molecule has 0 aromatic heterocycles. The molecule has 2 N–H and O–H groups in total. The van der Waals surface area contributed by atoms with Gasteiger partial charge in [0.25, 0.3) is 11.8 Å². The second-order valence-corrected chi connectivity index (χ2v) is 6.39. The molecule has 9 nitrogen and oxygen atoms in total. The molecule has 1 atom stereocenters. The maximum Gasteiger partial charge on any atom is 0.323 e. The van der Waals surface area contributed by atoms with Crippen LogP contribution in [0.3, 0.4) is 0 Å². The van der Waals surface area contributed by atoms with Crippen molar-refractivity contribution in [1.29, 1.82) is 0 Å². The van der Waals surface area contributed by atoms with Gasteiger partial charge >= 0.3 is 6.03 Å². The number of nitrogens with one attached hydrogen (secondary N) is 2. The van der Waals surface area contributed by atoms with Gasteiger partial charge in [-0.1, -0.05) is 12.1 Å². The van der Waals surface area contributed by atoms with Crippen LogP contribution in [0.4, 0.5) is 4.79 Å². The molecular formula is C17H18N4O5. The number of imide groups is 2. The van der Waals surface area contributed by atoms with Crippen molar-refractivity contribution in [3.8, 4) is 0 Å². The van der Waals surface area contributed by atoms with Crippen LogP contribution >= 0.6 is 0 Å². The van der Waals surface area contributed by atoms with E-state index in [4.69, 9.17) is 0 Å². The first kappa shape index (κ1) is 17.6. The van der Waals surface area contributed by atoms with Gasteiger partial charge < -0.3 is 9.80 Å².